The van der Waals surface area contributed by atoms with Gasteiger partial charge >= 0.3 is 0 Å². The van der Waals surface area contributed by atoms with Crippen LogP contribution in [-0.2, 0) is 19.2 Å². The molecule has 31 heavy (non-hydrogen) atoms. The second-order valence-electron chi connectivity index (χ2n) is 8.71. The van der Waals surface area contributed by atoms with E-state index in [1.165, 1.54) is 6.92 Å². The Bertz CT molecular complexity index is 859. The summed E-state index contributed by atoms with van der Waals surface area (Å²) < 4.78 is 0. The number of rotatable bonds is 9. The molecule has 1 aliphatic carbocycles. The lowest BCUT2D eigenvalue weighted by atomic mass is 9.68. The number of nitrogens with one attached hydrogen (secondary N) is 1. The summed E-state index contributed by atoms with van der Waals surface area (Å²) in [6.07, 6.45) is 3.37. The number of hydrogen-bond donors (Lipinski definition) is 1. The molecule has 0 spiro atoms. The van der Waals surface area contributed by atoms with Gasteiger partial charge in [-0.3, -0.25) is 19.2 Å². The highest BCUT2D eigenvalue weighted by Gasteiger charge is 2.48. The van der Waals surface area contributed by atoms with Gasteiger partial charge in [0.15, 0.2) is 16.7 Å². The predicted molar refractivity (Wildman–Crippen MR) is 121 cm³/mol. The summed E-state index contributed by atoms with van der Waals surface area (Å²) in [6.45, 7) is 6.06. The van der Waals surface area contributed by atoms with Crippen molar-refractivity contribution in [1.82, 2.24) is 0 Å². The summed E-state index contributed by atoms with van der Waals surface area (Å²) in [5.74, 6) is -1.61. The molecular weight excluding hydrogens is 416 g/mol. The van der Waals surface area contributed by atoms with Crippen molar-refractivity contribution in [3.8, 4) is 0 Å². The minimum atomic E-state index is -1.97. The number of carbonyl (C=O) groups is 4. The van der Waals surface area contributed by atoms with Crippen LogP contribution in [-0.4, -0.2) is 28.1 Å². The molecule has 1 aromatic rings. The fourth-order valence-corrected chi connectivity index (χ4v) is 4.35. The molecule has 0 aromatic heterocycles. The Morgan fingerprint density at radius 1 is 1.10 bits per heavy atom. The Morgan fingerprint density at radius 3 is 2.16 bits per heavy atom. The average molecular weight is 447 g/mol. The Kier molecular flexibility index (Phi) is 8.28. The number of Topliss-reactive ketones (excluding diaryl/α,β-unsaturated/α-hetero) is 2. The normalized spacial score (nSPS) is 17.5. The minimum absolute atomic E-state index is 0.0637. The zero-order chi connectivity index (χ0) is 23.2. The third kappa shape index (κ3) is 5.87. The SMILES string of the molecule is CC(=O)C(C)(N=O)C(=O)CC1(C(=O)Nc2ccc(SC(=O)C(C)C)cc2)CCCCC1. The van der Waals surface area contributed by atoms with E-state index in [2.05, 4.69) is 10.5 Å². The zero-order valence-electron chi connectivity index (χ0n) is 18.5. The van der Waals surface area contributed by atoms with Crippen molar-refractivity contribution in [2.45, 2.75) is 76.7 Å². The second-order valence-corrected chi connectivity index (χ2v) is 9.79. The molecular formula is C23H30N2O5S. The Morgan fingerprint density at radius 2 is 1.68 bits per heavy atom. The number of amides is 1. The highest BCUT2D eigenvalue weighted by atomic mass is 32.2. The van der Waals surface area contributed by atoms with Gasteiger partial charge in [-0.05, 0) is 56.1 Å². The van der Waals surface area contributed by atoms with E-state index in [0.717, 1.165) is 42.8 Å². The predicted octanol–water partition coefficient (Wildman–Crippen LogP) is 4.92. The van der Waals surface area contributed by atoms with Crippen molar-refractivity contribution in [1.29, 1.82) is 0 Å². The van der Waals surface area contributed by atoms with Crippen LogP contribution in [0.3, 0.4) is 0 Å². The first kappa shape index (κ1) is 24.9. The number of ketones is 2. The summed E-state index contributed by atoms with van der Waals surface area (Å²) >= 11 is 1.15. The van der Waals surface area contributed by atoms with Crippen LogP contribution < -0.4 is 5.32 Å². The average Bonchev–Trinajstić information content (AvgIpc) is 2.74. The van der Waals surface area contributed by atoms with Gasteiger partial charge in [0.2, 0.25) is 11.4 Å². The topological polar surface area (TPSA) is 110 Å². The maximum atomic E-state index is 13.2. The van der Waals surface area contributed by atoms with Gasteiger partial charge in [-0.15, -0.1) is 4.91 Å². The smallest absolute Gasteiger partial charge is 0.231 e. The number of anilines is 1. The number of benzene rings is 1. The summed E-state index contributed by atoms with van der Waals surface area (Å²) in [7, 11) is 0. The fraction of sp³-hybridized carbons (Fsp3) is 0.565. The molecule has 0 aliphatic heterocycles. The standard InChI is InChI=1S/C23H30N2O5S/c1-15(2)20(28)31-18-10-8-17(9-11-18)24-21(29)23(12-6-5-7-13-23)14-19(27)22(4,25-30)16(3)26/h8-11,15H,5-7,12-14H2,1-4H3,(H,24,29). The molecule has 0 radical (unpaired) electrons. The highest BCUT2D eigenvalue weighted by molar-refractivity contribution is 8.13. The molecule has 1 unspecified atom stereocenters. The lowest BCUT2D eigenvalue weighted by Gasteiger charge is -2.36. The molecule has 0 saturated heterocycles. The van der Waals surface area contributed by atoms with E-state index >= 15 is 0 Å². The third-order valence-electron chi connectivity index (χ3n) is 6.00. The zero-order valence-corrected chi connectivity index (χ0v) is 19.3. The van der Waals surface area contributed by atoms with E-state index in [1.54, 1.807) is 24.3 Å². The van der Waals surface area contributed by atoms with Gasteiger partial charge in [0.25, 0.3) is 0 Å². The van der Waals surface area contributed by atoms with Crippen LogP contribution in [0.5, 0.6) is 0 Å². The van der Waals surface area contributed by atoms with E-state index < -0.39 is 22.5 Å². The van der Waals surface area contributed by atoms with Crippen LogP contribution in [0.2, 0.25) is 0 Å². The number of nitrogens with zero attached hydrogens (tertiary/aromatic N) is 1. The molecule has 8 heteroatoms. The first-order chi connectivity index (χ1) is 14.5. The summed E-state index contributed by atoms with van der Waals surface area (Å²) in [4.78, 5) is 61.9. The Labute approximate surface area is 187 Å². The molecule has 0 bridgehead atoms. The van der Waals surface area contributed by atoms with Crippen LogP contribution >= 0.6 is 11.8 Å². The Hall–Kier alpha value is -2.35. The van der Waals surface area contributed by atoms with Gasteiger partial charge in [-0.25, -0.2) is 0 Å². The van der Waals surface area contributed by atoms with Crippen molar-refractivity contribution in [2.24, 2.45) is 16.5 Å². The third-order valence-corrected chi connectivity index (χ3v) is 7.18. The van der Waals surface area contributed by atoms with E-state index in [1.807, 2.05) is 13.8 Å². The molecule has 7 nitrogen and oxygen atoms in total. The molecule has 1 atom stereocenters. The fourth-order valence-electron chi connectivity index (χ4n) is 3.61. The lowest BCUT2D eigenvalue weighted by Crippen LogP contribution is -2.47. The molecule has 1 N–H and O–H groups in total. The second kappa shape index (κ2) is 10.3. The van der Waals surface area contributed by atoms with Gasteiger partial charge in [0.05, 0.1) is 5.41 Å². The number of carbonyl (C=O) groups excluding carboxylic acids is 4. The number of thioether (sulfide) groups is 1. The van der Waals surface area contributed by atoms with Gasteiger partial charge < -0.3 is 5.32 Å². The van der Waals surface area contributed by atoms with Crippen molar-refractivity contribution >= 4 is 40.0 Å². The van der Waals surface area contributed by atoms with Crippen LogP contribution in [0.1, 0.15) is 66.2 Å². The first-order valence-corrected chi connectivity index (χ1v) is 11.4. The molecule has 1 amide bonds. The highest BCUT2D eigenvalue weighted by Crippen LogP contribution is 2.42. The minimum Gasteiger partial charge on any atom is -0.326 e. The number of nitroso groups, excluding NO2 is 1. The molecule has 1 aromatic carbocycles. The van der Waals surface area contributed by atoms with Crippen LogP contribution in [0, 0.1) is 16.2 Å². The van der Waals surface area contributed by atoms with Crippen molar-refractivity contribution < 1.29 is 19.2 Å². The van der Waals surface area contributed by atoms with Crippen molar-refractivity contribution in [2.75, 3.05) is 5.32 Å². The maximum Gasteiger partial charge on any atom is 0.231 e. The summed E-state index contributed by atoms with van der Waals surface area (Å²) in [6, 6.07) is 6.97. The van der Waals surface area contributed by atoms with E-state index in [0.29, 0.717) is 18.5 Å². The van der Waals surface area contributed by atoms with Crippen LogP contribution in [0.15, 0.2) is 34.3 Å². The first-order valence-electron chi connectivity index (χ1n) is 10.6. The molecule has 168 valence electrons. The monoisotopic (exact) mass is 446 g/mol. The molecule has 1 saturated carbocycles. The van der Waals surface area contributed by atoms with E-state index in [4.69, 9.17) is 0 Å². The Balaban J connectivity index is 2.18. The van der Waals surface area contributed by atoms with E-state index in [9.17, 15) is 24.1 Å². The van der Waals surface area contributed by atoms with Crippen LogP contribution in [0.4, 0.5) is 5.69 Å². The van der Waals surface area contributed by atoms with Crippen molar-refractivity contribution in [3.63, 3.8) is 0 Å². The van der Waals surface area contributed by atoms with Gasteiger partial charge in [0, 0.05) is 22.9 Å². The molecule has 1 aliphatic rings. The van der Waals surface area contributed by atoms with Gasteiger partial charge in [-0.2, -0.15) is 0 Å². The number of hydrogen-bond acceptors (Lipinski definition) is 7. The van der Waals surface area contributed by atoms with Gasteiger partial charge in [-0.1, -0.05) is 44.9 Å². The molecule has 0 heterocycles. The summed E-state index contributed by atoms with van der Waals surface area (Å²) in [5.41, 5.74) is -2.38. The quantitative estimate of drug-likeness (QED) is 0.327. The van der Waals surface area contributed by atoms with E-state index in [-0.39, 0.29) is 23.4 Å². The largest absolute Gasteiger partial charge is 0.326 e. The molecule has 2 rings (SSSR count). The van der Waals surface area contributed by atoms with Crippen LogP contribution in [0.25, 0.3) is 0 Å². The molecule has 1 fully saturated rings. The van der Waals surface area contributed by atoms with Crippen molar-refractivity contribution in [3.05, 3.63) is 29.2 Å². The maximum absolute atomic E-state index is 13.2. The van der Waals surface area contributed by atoms with Gasteiger partial charge in [0.1, 0.15) is 0 Å². The lowest BCUT2D eigenvalue weighted by molar-refractivity contribution is -0.139. The summed E-state index contributed by atoms with van der Waals surface area (Å²) in [5, 5.41) is 5.74.